The van der Waals surface area contributed by atoms with E-state index in [2.05, 4.69) is 0 Å². The van der Waals surface area contributed by atoms with Crippen LogP contribution < -0.4 is 0 Å². The minimum atomic E-state index is -0.992. The Bertz CT molecular complexity index is 320. The fourth-order valence-corrected chi connectivity index (χ4v) is 2.51. The topological polar surface area (TPSA) is 57.6 Å². The lowest BCUT2D eigenvalue weighted by Crippen LogP contribution is -2.55. The molecule has 0 saturated heterocycles. The lowest BCUT2D eigenvalue weighted by molar-refractivity contribution is -0.159. The van der Waals surface area contributed by atoms with Crippen LogP contribution in [0.3, 0.4) is 0 Å². The number of amides is 1. The van der Waals surface area contributed by atoms with Gasteiger partial charge in [0, 0.05) is 13.0 Å². The first kappa shape index (κ1) is 11.4. The SMILES string of the molecule is CC(=O)N(C1CC1)C(C)(CC1CC1)C(=O)O. The van der Waals surface area contributed by atoms with E-state index in [0.717, 1.165) is 25.7 Å². The van der Waals surface area contributed by atoms with Gasteiger partial charge in [0.15, 0.2) is 0 Å². The van der Waals surface area contributed by atoms with E-state index >= 15 is 0 Å². The van der Waals surface area contributed by atoms with Crippen molar-refractivity contribution in [3.63, 3.8) is 0 Å². The molecule has 1 unspecified atom stereocenters. The number of carbonyl (C=O) groups excluding carboxylic acids is 1. The van der Waals surface area contributed by atoms with Crippen LogP contribution in [0.2, 0.25) is 0 Å². The molecule has 2 rings (SSSR count). The Hall–Kier alpha value is -1.06. The molecule has 90 valence electrons. The van der Waals surface area contributed by atoms with Gasteiger partial charge in [-0.25, -0.2) is 4.79 Å². The maximum atomic E-state index is 11.6. The zero-order chi connectivity index (χ0) is 11.9. The molecule has 4 heteroatoms. The molecule has 16 heavy (non-hydrogen) atoms. The second kappa shape index (κ2) is 3.75. The number of carboxylic acids is 1. The summed E-state index contributed by atoms with van der Waals surface area (Å²) in [5, 5.41) is 9.41. The van der Waals surface area contributed by atoms with E-state index < -0.39 is 11.5 Å². The van der Waals surface area contributed by atoms with Crippen LogP contribution in [0, 0.1) is 5.92 Å². The largest absolute Gasteiger partial charge is 0.480 e. The molecule has 1 amide bonds. The van der Waals surface area contributed by atoms with Gasteiger partial charge in [0.05, 0.1) is 0 Å². The standard InChI is InChI=1S/C12H19NO3/c1-8(14)13(10-5-6-10)12(2,11(15)16)7-9-3-4-9/h9-10H,3-7H2,1-2H3,(H,15,16). The van der Waals surface area contributed by atoms with Crippen molar-refractivity contribution in [1.29, 1.82) is 0 Å². The summed E-state index contributed by atoms with van der Waals surface area (Å²) in [7, 11) is 0. The summed E-state index contributed by atoms with van der Waals surface area (Å²) in [5.41, 5.74) is -0.992. The second-order valence-corrected chi connectivity index (χ2v) is 5.35. The van der Waals surface area contributed by atoms with Crippen LogP contribution in [0.15, 0.2) is 0 Å². The first-order valence-corrected chi connectivity index (χ1v) is 5.98. The van der Waals surface area contributed by atoms with E-state index in [0.29, 0.717) is 12.3 Å². The Morgan fingerprint density at radius 2 is 1.88 bits per heavy atom. The van der Waals surface area contributed by atoms with E-state index in [1.54, 1.807) is 11.8 Å². The molecular formula is C12H19NO3. The van der Waals surface area contributed by atoms with Gasteiger partial charge in [0.1, 0.15) is 5.54 Å². The molecule has 0 heterocycles. The Morgan fingerprint density at radius 1 is 1.31 bits per heavy atom. The van der Waals surface area contributed by atoms with Gasteiger partial charge in [0.25, 0.3) is 0 Å². The highest BCUT2D eigenvalue weighted by atomic mass is 16.4. The maximum Gasteiger partial charge on any atom is 0.329 e. The van der Waals surface area contributed by atoms with Gasteiger partial charge < -0.3 is 10.0 Å². The molecule has 0 aromatic rings. The Labute approximate surface area is 95.6 Å². The molecular weight excluding hydrogens is 206 g/mol. The molecule has 2 aliphatic rings. The van der Waals surface area contributed by atoms with Crippen LogP contribution in [0.1, 0.15) is 46.0 Å². The van der Waals surface area contributed by atoms with Crippen LogP contribution in [-0.4, -0.2) is 33.5 Å². The predicted molar refractivity (Wildman–Crippen MR) is 58.9 cm³/mol. The Morgan fingerprint density at radius 3 is 2.19 bits per heavy atom. The van der Waals surface area contributed by atoms with Crippen molar-refractivity contribution < 1.29 is 14.7 Å². The highest BCUT2D eigenvalue weighted by Gasteiger charge is 2.50. The monoisotopic (exact) mass is 225 g/mol. The molecule has 2 aliphatic carbocycles. The van der Waals surface area contributed by atoms with Gasteiger partial charge >= 0.3 is 5.97 Å². The first-order valence-electron chi connectivity index (χ1n) is 5.98. The third kappa shape index (κ3) is 2.06. The third-order valence-electron chi connectivity index (χ3n) is 3.63. The molecule has 1 N–H and O–H groups in total. The highest BCUT2D eigenvalue weighted by molar-refractivity contribution is 5.86. The van der Waals surface area contributed by atoms with Gasteiger partial charge in [-0.3, -0.25) is 4.79 Å². The molecule has 2 saturated carbocycles. The van der Waals surface area contributed by atoms with Gasteiger partial charge in [0.2, 0.25) is 5.91 Å². The average molecular weight is 225 g/mol. The van der Waals surface area contributed by atoms with Gasteiger partial charge in [-0.05, 0) is 32.1 Å². The minimum absolute atomic E-state index is 0.104. The first-order chi connectivity index (χ1) is 7.45. The van der Waals surface area contributed by atoms with Crippen molar-refractivity contribution in [2.45, 2.75) is 57.5 Å². The van der Waals surface area contributed by atoms with Crippen LogP contribution in [-0.2, 0) is 9.59 Å². The summed E-state index contributed by atoms with van der Waals surface area (Å²) in [6, 6.07) is 0.164. The molecule has 0 radical (unpaired) electrons. The smallest absolute Gasteiger partial charge is 0.329 e. The molecule has 0 bridgehead atoms. The summed E-state index contributed by atoms with van der Waals surface area (Å²) in [4.78, 5) is 24.7. The number of hydrogen-bond donors (Lipinski definition) is 1. The van der Waals surface area contributed by atoms with Gasteiger partial charge in [-0.2, -0.15) is 0 Å². The minimum Gasteiger partial charge on any atom is -0.480 e. The lowest BCUT2D eigenvalue weighted by Gasteiger charge is -2.38. The lowest BCUT2D eigenvalue weighted by atomic mass is 9.92. The van der Waals surface area contributed by atoms with Gasteiger partial charge in [-0.15, -0.1) is 0 Å². The second-order valence-electron chi connectivity index (χ2n) is 5.35. The molecule has 2 fully saturated rings. The van der Waals surface area contributed by atoms with Crippen molar-refractivity contribution in [2.24, 2.45) is 5.92 Å². The fraction of sp³-hybridized carbons (Fsp3) is 0.833. The van der Waals surface area contributed by atoms with E-state index in [-0.39, 0.29) is 11.9 Å². The van der Waals surface area contributed by atoms with Crippen molar-refractivity contribution in [3.8, 4) is 0 Å². The highest BCUT2D eigenvalue weighted by Crippen LogP contribution is 2.42. The molecule has 1 atom stereocenters. The van der Waals surface area contributed by atoms with E-state index in [9.17, 15) is 14.7 Å². The van der Waals surface area contributed by atoms with E-state index in [1.165, 1.54) is 6.92 Å². The average Bonchev–Trinajstić information content (AvgIpc) is 2.96. The van der Waals surface area contributed by atoms with Crippen LogP contribution in [0.25, 0.3) is 0 Å². The molecule has 0 aromatic heterocycles. The van der Waals surface area contributed by atoms with E-state index in [1.807, 2.05) is 0 Å². The predicted octanol–water partition coefficient (Wildman–Crippen LogP) is 1.64. The van der Waals surface area contributed by atoms with Crippen molar-refractivity contribution in [2.75, 3.05) is 0 Å². The normalized spacial score (nSPS) is 23.6. The number of hydrogen-bond acceptors (Lipinski definition) is 2. The summed E-state index contributed by atoms with van der Waals surface area (Å²) in [6.07, 6.45) is 4.73. The Kier molecular flexibility index (Phi) is 2.68. The maximum absolute atomic E-state index is 11.6. The van der Waals surface area contributed by atoms with E-state index in [4.69, 9.17) is 0 Å². The summed E-state index contributed by atoms with van der Waals surface area (Å²) in [5.74, 6) is -0.462. The zero-order valence-electron chi connectivity index (χ0n) is 9.90. The van der Waals surface area contributed by atoms with Crippen molar-refractivity contribution >= 4 is 11.9 Å². The van der Waals surface area contributed by atoms with Crippen molar-refractivity contribution in [3.05, 3.63) is 0 Å². The number of rotatable bonds is 5. The summed E-state index contributed by atoms with van der Waals surface area (Å²) in [6.45, 7) is 3.18. The van der Waals surface area contributed by atoms with Crippen molar-refractivity contribution in [1.82, 2.24) is 4.90 Å². The number of carbonyl (C=O) groups is 2. The summed E-state index contributed by atoms with van der Waals surface area (Å²) < 4.78 is 0. The van der Waals surface area contributed by atoms with Crippen LogP contribution >= 0.6 is 0 Å². The summed E-state index contributed by atoms with van der Waals surface area (Å²) >= 11 is 0. The third-order valence-corrected chi connectivity index (χ3v) is 3.63. The van der Waals surface area contributed by atoms with Gasteiger partial charge in [-0.1, -0.05) is 12.8 Å². The molecule has 0 aliphatic heterocycles. The number of carboxylic acid groups (broad SMARTS) is 1. The number of aliphatic carboxylic acids is 1. The molecule has 0 spiro atoms. The number of nitrogens with zero attached hydrogens (tertiary/aromatic N) is 1. The molecule has 0 aromatic carbocycles. The van der Waals surface area contributed by atoms with Crippen LogP contribution in [0.5, 0.6) is 0 Å². The quantitative estimate of drug-likeness (QED) is 0.773. The fourth-order valence-electron chi connectivity index (χ4n) is 2.51. The zero-order valence-corrected chi connectivity index (χ0v) is 9.90. The Balaban J connectivity index is 2.19. The van der Waals surface area contributed by atoms with Crippen LogP contribution in [0.4, 0.5) is 0 Å². The molecule has 4 nitrogen and oxygen atoms in total.